The van der Waals surface area contributed by atoms with Crippen LogP contribution in [0.25, 0.3) is 11.0 Å². The minimum atomic E-state index is -0.946. The van der Waals surface area contributed by atoms with Crippen molar-refractivity contribution in [3.8, 4) is 0 Å². The molecule has 2 aromatic heterocycles. The maximum absolute atomic E-state index is 11.1. The lowest BCUT2D eigenvalue weighted by atomic mass is 10.1. The molecule has 3 aromatic rings. The molecule has 0 aliphatic rings. The molecular formula is C16H12N2O3. The van der Waals surface area contributed by atoms with Crippen molar-refractivity contribution in [2.45, 2.75) is 6.54 Å². The van der Waals surface area contributed by atoms with Gasteiger partial charge in [0.05, 0.1) is 5.56 Å². The molecule has 3 rings (SSSR count). The lowest BCUT2D eigenvalue weighted by Gasteiger charge is -2.05. The fraction of sp³-hybridized carbons (Fsp3) is 0.0625. The number of fused-ring (bicyclic) bond motifs is 1. The predicted octanol–water partition coefficient (Wildman–Crippen LogP) is 2.60. The molecule has 1 aromatic carbocycles. The summed E-state index contributed by atoms with van der Waals surface area (Å²) in [5.74, 6) is -0.946. The van der Waals surface area contributed by atoms with Gasteiger partial charge < -0.3 is 9.67 Å². The van der Waals surface area contributed by atoms with Gasteiger partial charge in [-0.3, -0.25) is 4.79 Å². The number of aromatic carboxylic acids is 1. The summed E-state index contributed by atoms with van der Waals surface area (Å²) >= 11 is 0. The minimum absolute atomic E-state index is 0.253. The second-order valence-electron chi connectivity index (χ2n) is 4.71. The number of aldehydes is 1. The summed E-state index contributed by atoms with van der Waals surface area (Å²) < 4.78 is 1.88. The molecule has 0 atom stereocenters. The number of hydrogen-bond donors (Lipinski definition) is 1. The standard InChI is InChI=1S/C16H12N2O3/c19-10-13-9-18(15-14(13)2-1-7-17-15)8-11-3-5-12(6-4-11)16(20)21/h1-7,9-10H,8H2,(H,20,21). The zero-order valence-electron chi connectivity index (χ0n) is 11.1. The highest BCUT2D eigenvalue weighted by atomic mass is 16.4. The van der Waals surface area contributed by atoms with E-state index in [-0.39, 0.29) is 5.56 Å². The highest BCUT2D eigenvalue weighted by Gasteiger charge is 2.09. The van der Waals surface area contributed by atoms with Gasteiger partial charge in [-0.1, -0.05) is 12.1 Å². The van der Waals surface area contributed by atoms with E-state index in [1.54, 1.807) is 42.7 Å². The molecule has 104 valence electrons. The molecule has 0 spiro atoms. The maximum Gasteiger partial charge on any atom is 0.335 e. The van der Waals surface area contributed by atoms with Crippen LogP contribution in [0.1, 0.15) is 26.3 Å². The second-order valence-corrected chi connectivity index (χ2v) is 4.71. The fourth-order valence-electron chi connectivity index (χ4n) is 2.31. The molecule has 0 aliphatic heterocycles. The highest BCUT2D eigenvalue weighted by Crippen LogP contribution is 2.19. The lowest BCUT2D eigenvalue weighted by molar-refractivity contribution is 0.0696. The highest BCUT2D eigenvalue weighted by molar-refractivity contribution is 5.96. The monoisotopic (exact) mass is 280 g/mol. The maximum atomic E-state index is 11.1. The van der Waals surface area contributed by atoms with E-state index in [9.17, 15) is 9.59 Å². The Bertz CT molecular complexity index is 819. The zero-order valence-corrected chi connectivity index (χ0v) is 11.1. The van der Waals surface area contributed by atoms with Gasteiger partial charge in [-0.25, -0.2) is 9.78 Å². The van der Waals surface area contributed by atoms with Crippen LogP contribution in [0, 0.1) is 0 Å². The SMILES string of the molecule is O=Cc1cn(Cc2ccc(C(=O)O)cc2)c2ncccc12. The number of carbonyl (C=O) groups excluding carboxylic acids is 1. The molecular weight excluding hydrogens is 268 g/mol. The number of hydrogen-bond acceptors (Lipinski definition) is 3. The summed E-state index contributed by atoms with van der Waals surface area (Å²) in [5.41, 5.74) is 2.53. The second kappa shape index (κ2) is 5.20. The quantitative estimate of drug-likeness (QED) is 0.745. The molecule has 0 unspecified atom stereocenters. The summed E-state index contributed by atoms with van der Waals surface area (Å²) in [6.45, 7) is 0.529. The van der Waals surface area contributed by atoms with Gasteiger partial charge in [-0.05, 0) is 29.8 Å². The van der Waals surface area contributed by atoms with Crippen molar-refractivity contribution in [1.82, 2.24) is 9.55 Å². The molecule has 0 radical (unpaired) electrons. The van der Waals surface area contributed by atoms with Gasteiger partial charge in [0.2, 0.25) is 0 Å². The Balaban J connectivity index is 1.98. The molecule has 0 fully saturated rings. The van der Waals surface area contributed by atoms with E-state index in [2.05, 4.69) is 4.98 Å². The first-order chi connectivity index (χ1) is 10.2. The molecule has 1 N–H and O–H groups in total. The van der Waals surface area contributed by atoms with Crippen LogP contribution >= 0.6 is 0 Å². The third-order valence-electron chi connectivity index (χ3n) is 3.35. The van der Waals surface area contributed by atoms with E-state index < -0.39 is 5.97 Å². The number of aromatic nitrogens is 2. The van der Waals surface area contributed by atoms with E-state index in [0.29, 0.717) is 12.1 Å². The van der Waals surface area contributed by atoms with Crippen molar-refractivity contribution >= 4 is 23.3 Å². The number of pyridine rings is 1. The fourth-order valence-corrected chi connectivity index (χ4v) is 2.31. The Morgan fingerprint density at radius 3 is 2.67 bits per heavy atom. The summed E-state index contributed by atoms with van der Waals surface area (Å²) in [6.07, 6.45) is 4.25. The molecule has 5 heteroatoms. The molecule has 0 aliphatic carbocycles. The van der Waals surface area contributed by atoms with Crippen molar-refractivity contribution in [3.63, 3.8) is 0 Å². The summed E-state index contributed by atoms with van der Waals surface area (Å²) in [7, 11) is 0. The van der Waals surface area contributed by atoms with Gasteiger partial charge in [0.1, 0.15) is 5.65 Å². The number of nitrogens with zero attached hydrogens (tertiary/aromatic N) is 2. The van der Waals surface area contributed by atoms with Crippen molar-refractivity contribution < 1.29 is 14.7 Å². The third kappa shape index (κ3) is 2.41. The van der Waals surface area contributed by atoms with Gasteiger partial charge in [-0.15, -0.1) is 0 Å². The van der Waals surface area contributed by atoms with Crippen molar-refractivity contribution in [2.75, 3.05) is 0 Å². The van der Waals surface area contributed by atoms with Crippen LogP contribution in [0.4, 0.5) is 0 Å². The van der Waals surface area contributed by atoms with E-state index in [4.69, 9.17) is 5.11 Å². The number of rotatable bonds is 4. The normalized spacial score (nSPS) is 10.7. The average Bonchev–Trinajstić information content (AvgIpc) is 2.86. The van der Waals surface area contributed by atoms with Crippen LogP contribution in [-0.2, 0) is 6.54 Å². The first kappa shape index (κ1) is 13.1. The Labute approximate surface area is 120 Å². The van der Waals surface area contributed by atoms with Crippen molar-refractivity contribution in [2.24, 2.45) is 0 Å². The van der Waals surface area contributed by atoms with Gasteiger partial charge >= 0.3 is 5.97 Å². The van der Waals surface area contributed by atoms with Crippen LogP contribution in [-0.4, -0.2) is 26.9 Å². The van der Waals surface area contributed by atoms with Gasteiger partial charge in [0, 0.05) is 29.9 Å². The smallest absolute Gasteiger partial charge is 0.335 e. The molecule has 0 bridgehead atoms. The van der Waals surface area contributed by atoms with E-state index >= 15 is 0 Å². The van der Waals surface area contributed by atoms with Crippen LogP contribution in [0.15, 0.2) is 48.8 Å². The van der Waals surface area contributed by atoms with Crippen molar-refractivity contribution in [3.05, 3.63) is 65.5 Å². The Morgan fingerprint density at radius 1 is 1.24 bits per heavy atom. The summed E-state index contributed by atoms with van der Waals surface area (Å²) in [6, 6.07) is 10.3. The Kier molecular flexibility index (Phi) is 3.23. The first-order valence-electron chi connectivity index (χ1n) is 6.40. The lowest BCUT2D eigenvalue weighted by Crippen LogP contribution is -2.01. The van der Waals surface area contributed by atoms with E-state index in [0.717, 1.165) is 22.9 Å². The molecule has 0 saturated carbocycles. The number of carboxylic acid groups (broad SMARTS) is 1. The molecule has 0 amide bonds. The van der Waals surface area contributed by atoms with E-state index in [1.165, 1.54) is 0 Å². The molecule has 0 saturated heterocycles. The first-order valence-corrected chi connectivity index (χ1v) is 6.40. The summed E-state index contributed by atoms with van der Waals surface area (Å²) in [4.78, 5) is 26.2. The number of carboxylic acids is 1. The van der Waals surface area contributed by atoms with Gasteiger partial charge in [-0.2, -0.15) is 0 Å². The largest absolute Gasteiger partial charge is 0.478 e. The van der Waals surface area contributed by atoms with Crippen LogP contribution in [0.5, 0.6) is 0 Å². The van der Waals surface area contributed by atoms with Gasteiger partial charge in [0.25, 0.3) is 0 Å². The Hall–Kier alpha value is -2.95. The van der Waals surface area contributed by atoms with Gasteiger partial charge in [0.15, 0.2) is 6.29 Å². The van der Waals surface area contributed by atoms with Crippen LogP contribution in [0.3, 0.4) is 0 Å². The minimum Gasteiger partial charge on any atom is -0.478 e. The zero-order chi connectivity index (χ0) is 14.8. The number of carbonyl (C=O) groups is 2. The third-order valence-corrected chi connectivity index (χ3v) is 3.35. The van der Waals surface area contributed by atoms with Crippen molar-refractivity contribution in [1.29, 1.82) is 0 Å². The molecule has 5 nitrogen and oxygen atoms in total. The van der Waals surface area contributed by atoms with Crippen LogP contribution in [0.2, 0.25) is 0 Å². The average molecular weight is 280 g/mol. The summed E-state index contributed by atoms with van der Waals surface area (Å²) in [5, 5.41) is 9.70. The molecule has 21 heavy (non-hydrogen) atoms. The predicted molar refractivity (Wildman–Crippen MR) is 77.6 cm³/mol. The Morgan fingerprint density at radius 2 is 2.00 bits per heavy atom. The van der Waals surface area contributed by atoms with Crippen LogP contribution < -0.4 is 0 Å². The molecule has 2 heterocycles. The van der Waals surface area contributed by atoms with E-state index in [1.807, 2.05) is 10.6 Å². The topological polar surface area (TPSA) is 72.2 Å². The number of benzene rings is 1.